The summed E-state index contributed by atoms with van der Waals surface area (Å²) in [5.41, 5.74) is 0.814. The average molecular weight is 1150 g/mol. The number of carbonyl (C=O) groups excluding carboxylic acids is 4. The van der Waals surface area contributed by atoms with E-state index >= 15 is 0 Å². The van der Waals surface area contributed by atoms with Gasteiger partial charge in [-0.1, -0.05) is 12.1 Å². The molecule has 8 unspecified atom stereocenters. The zero-order chi connectivity index (χ0) is 59.2. The molecule has 450 valence electrons. The van der Waals surface area contributed by atoms with Crippen LogP contribution in [0.4, 0.5) is 22.7 Å². The Bertz CT molecular complexity index is 2150. The maximum Gasteiger partial charge on any atom is 0.225 e. The molecule has 31 nitrogen and oxygen atoms in total. The summed E-state index contributed by atoms with van der Waals surface area (Å²) in [5.74, 6) is -1.65. The Balaban J connectivity index is 1.36. The fourth-order valence-corrected chi connectivity index (χ4v) is 7.99. The molecule has 4 amide bonds. The van der Waals surface area contributed by atoms with E-state index in [0.717, 1.165) is 12.4 Å². The van der Waals surface area contributed by atoms with Crippen LogP contribution < -0.4 is 21.3 Å². The second-order valence-corrected chi connectivity index (χ2v) is 18.7. The minimum atomic E-state index is -2.04. The molecule has 80 heavy (non-hydrogen) atoms. The molecule has 2 aliphatic rings. The molecule has 0 saturated carbocycles. The molecule has 4 rings (SSSR count). The van der Waals surface area contributed by atoms with Gasteiger partial charge >= 0.3 is 0 Å². The Kier molecular flexibility index (Phi) is 28.3. The van der Waals surface area contributed by atoms with Gasteiger partial charge in [0.15, 0.2) is 12.6 Å². The lowest BCUT2D eigenvalue weighted by atomic mass is 9.98. The van der Waals surface area contributed by atoms with Gasteiger partial charge in [-0.25, -0.2) is 0 Å². The molecule has 2 fully saturated rings. The number of hydrogen-bond acceptors (Lipinski definition) is 27. The molecule has 2 saturated heterocycles. The first-order valence-electron chi connectivity index (χ1n) is 25.4. The van der Waals surface area contributed by atoms with Crippen LogP contribution in [0.15, 0.2) is 58.5 Å². The first-order valence-corrected chi connectivity index (χ1v) is 25.4. The van der Waals surface area contributed by atoms with Crippen molar-refractivity contribution in [1.29, 1.82) is 0 Å². The molecule has 2 heterocycles. The van der Waals surface area contributed by atoms with E-state index in [1.165, 1.54) is 55.5 Å². The molecule has 0 spiro atoms. The molecule has 2 aliphatic heterocycles. The number of nitrogens with zero attached hydrogens (tertiary/aromatic N) is 3. The molecule has 0 radical (unpaired) electrons. The molecule has 0 aromatic heterocycles. The minimum absolute atomic E-state index is 0.00364. The van der Waals surface area contributed by atoms with Crippen molar-refractivity contribution < 1.29 is 120 Å². The van der Waals surface area contributed by atoms with Crippen molar-refractivity contribution in [2.75, 3.05) is 69.8 Å². The van der Waals surface area contributed by atoms with Crippen LogP contribution in [0.5, 0.6) is 0 Å². The van der Waals surface area contributed by atoms with Crippen molar-refractivity contribution in [3.8, 4) is 0 Å². The third kappa shape index (κ3) is 20.7. The van der Waals surface area contributed by atoms with E-state index in [1.807, 2.05) is 0 Å². The quantitative estimate of drug-likeness (QED) is 0.0303. The summed E-state index contributed by atoms with van der Waals surface area (Å²) in [6.45, 7) is -1.77. The van der Waals surface area contributed by atoms with Crippen LogP contribution in [0.2, 0.25) is 0 Å². The minimum Gasteiger partial charge on any atom is -0.394 e. The first-order chi connectivity index (χ1) is 38.0. The number of aliphatic hydroxyl groups is 16. The van der Waals surface area contributed by atoms with Crippen LogP contribution in [0.25, 0.3) is 0 Å². The largest absolute Gasteiger partial charge is 0.394 e. The van der Waals surface area contributed by atoms with Crippen LogP contribution in [-0.4, -0.2) is 292 Å². The van der Waals surface area contributed by atoms with Crippen molar-refractivity contribution in [3.05, 3.63) is 48.5 Å². The Morgan fingerprint density at radius 2 is 1.00 bits per heavy atom. The van der Waals surface area contributed by atoms with Gasteiger partial charge in [-0.15, -0.1) is 0 Å². The topological polar surface area (TPSA) is 505 Å². The fourth-order valence-electron chi connectivity index (χ4n) is 7.99. The smallest absolute Gasteiger partial charge is 0.225 e. The van der Waals surface area contributed by atoms with Crippen molar-refractivity contribution >= 4 is 58.8 Å². The van der Waals surface area contributed by atoms with Crippen molar-refractivity contribution in [2.24, 2.45) is 9.98 Å². The number of aliphatic imine (C=N–C) groups is 2. The number of anilines is 2. The number of amides is 4. The summed E-state index contributed by atoms with van der Waals surface area (Å²) in [5, 5.41) is 174. The van der Waals surface area contributed by atoms with Gasteiger partial charge < -0.3 is 127 Å². The normalized spacial score (nSPS) is 26.5. The van der Waals surface area contributed by atoms with Crippen molar-refractivity contribution in [3.63, 3.8) is 0 Å². The van der Waals surface area contributed by atoms with Gasteiger partial charge in [0.05, 0.1) is 37.8 Å². The number of ether oxygens (including phenoxy) is 4. The predicted octanol–water partition coefficient (Wildman–Crippen LogP) is -8.09. The van der Waals surface area contributed by atoms with Gasteiger partial charge in [0.25, 0.3) is 0 Å². The molecule has 20 N–H and O–H groups in total. The molecule has 18 atom stereocenters. The SMILES string of the molecule is CC(=O)NCCC(=O)NCCN(CCC(=O)Nc1cccc(N=CC(O)[C@@H](O)[C@@H](O[C@@H]2OC(CO)[C@H](O)[C@H](O)C2O)C(O)CO)c1)CCC(=O)Nc1cccc(N=CC(O)[C@@H](O)[C@@H](O[C@@H]2OC(CO)[C@H](O)[C@H](O)C2O)C(O)CO)c1. The standard InChI is InChI=1S/C49H75N7O24/c1-24(61)50-11-8-35(66)51-12-15-56(13-9-36(67)54-27-6-2-4-25(16-27)52-18-29(62)38(69)46(31(64)20-57)79-48-44(75)42(73)40(71)33(22-59)77-48)14-10-37(68)55-28-7-3-5-26(17-28)53-19-30(63)39(70)47(32(65)21-58)80-49-45(76)43(74)41(72)34(23-60)78-49/h2-7,16-19,29-34,38-49,57-60,62-65,69-76H,8-15,20-23H2,1H3,(H,50,61)(H,51,66)(H,54,67)(H,55,68)/t29?,30?,31?,32?,33?,34?,38-,39-,40+,41+,42+,43+,44?,45?,46+,47+,48+,49+/m1/s1. The Labute approximate surface area is 458 Å². The molecule has 2 aromatic rings. The highest BCUT2D eigenvalue weighted by molar-refractivity contribution is 5.92. The van der Waals surface area contributed by atoms with E-state index in [4.69, 9.17) is 18.9 Å². The van der Waals surface area contributed by atoms with E-state index in [0.29, 0.717) is 0 Å². The van der Waals surface area contributed by atoms with Crippen molar-refractivity contribution in [2.45, 2.75) is 136 Å². The maximum atomic E-state index is 13.3. The predicted molar refractivity (Wildman–Crippen MR) is 276 cm³/mol. The lowest BCUT2D eigenvalue weighted by Crippen LogP contribution is -2.61. The molecule has 31 heteroatoms. The summed E-state index contributed by atoms with van der Waals surface area (Å²) >= 11 is 0. The number of carbonyl (C=O) groups is 4. The zero-order valence-electron chi connectivity index (χ0n) is 43.4. The maximum absolute atomic E-state index is 13.3. The second kappa shape index (κ2) is 33.7. The average Bonchev–Trinajstić information content (AvgIpc) is 3.44. The van der Waals surface area contributed by atoms with Gasteiger partial charge in [0.2, 0.25) is 23.6 Å². The third-order valence-electron chi connectivity index (χ3n) is 12.6. The van der Waals surface area contributed by atoms with Crippen LogP contribution in [0.3, 0.4) is 0 Å². The van der Waals surface area contributed by atoms with Gasteiger partial charge in [-0.2, -0.15) is 0 Å². The van der Waals surface area contributed by atoms with Crippen LogP contribution >= 0.6 is 0 Å². The number of aliphatic hydroxyl groups excluding tert-OH is 16. The molecular formula is C49H75N7O24. The van der Waals surface area contributed by atoms with E-state index in [1.54, 1.807) is 4.90 Å². The number of rotatable bonds is 32. The summed E-state index contributed by atoms with van der Waals surface area (Å²) in [4.78, 5) is 60.1. The lowest BCUT2D eigenvalue weighted by Gasteiger charge is -2.42. The molecule has 2 aromatic carbocycles. The third-order valence-corrected chi connectivity index (χ3v) is 12.6. The van der Waals surface area contributed by atoms with Gasteiger partial charge in [-0.3, -0.25) is 29.2 Å². The Hall–Kier alpha value is -5.18. The van der Waals surface area contributed by atoms with Crippen LogP contribution in [0.1, 0.15) is 26.2 Å². The van der Waals surface area contributed by atoms with Crippen LogP contribution in [0, 0.1) is 0 Å². The highest BCUT2D eigenvalue weighted by atomic mass is 16.7. The molecule has 0 bridgehead atoms. The van der Waals surface area contributed by atoms with Crippen molar-refractivity contribution in [1.82, 2.24) is 15.5 Å². The summed E-state index contributed by atoms with van der Waals surface area (Å²) in [6.07, 6.45) is -31.5. The van der Waals surface area contributed by atoms with E-state index in [9.17, 15) is 101 Å². The monoisotopic (exact) mass is 1150 g/mol. The summed E-state index contributed by atoms with van der Waals surface area (Å²) < 4.78 is 21.4. The Morgan fingerprint density at radius 3 is 1.39 bits per heavy atom. The molecular weight excluding hydrogens is 1070 g/mol. The number of benzene rings is 2. The highest BCUT2D eigenvalue weighted by Gasteiger charge is 2.48. The first kappa shape index (κ1) is 67.3. The second-order valence-electron chi connectivity index (χ2n) is 18.7. The van der Waals surface area contributed by atoms with Gasteiger partial charge in [0.1, 0.15) is 97.7 Å². The van der Waals surface area contributed by atoms with E-state index < -0.39 is 148 Å². The van der Waals surface area contributed by atoms with Crippen LogP contribution in [-0.2, 0) is 38.1 Å². The van der Waals surface area contributed by atoms with E-state index in [-0.39, 0.29) is 86.6 Å². The molecule has 0 aliphatic carbocycles. The number of hydrogen-bond donors (Lipinski definition) is 20. The lowest BCUT2D eigenvalue weighted by molar-refractivity contribution is -0.326. The fraction of sp³-hybridized carbons (Fsp3) is 0.633. The van der Waals surface area contributed by atoms with Gasteiger partial charge in [-0.05, 0) is 36.4 Å². The number of nitrogens with one attached hydrogen (secondary N) is 4. The highest BCUT2D eigenvalue weighted by Crippen LogP contribution is 2.28. The Morgan fingerprint density at radius 1 is 0.575 bits per heavy atom. The summed E-state index contributed by atoms with van der Waals surface area (Å²) in [6, 6.07) is 11.9. The van der Waals surface area contributed by atoms with Gasteiger partial charge in [0, 0.05) is 82.7 Å². The zero-order valence-corrected chi connectivity index (χ0v) is 43.4. The summed E-state index contributed by atoms with van der Waals surface area (Å²) in [7, 11) is 0. The van der Waals surface area contributed by atoms with E-state index in [2.05, 4.69) is 31.3 Å².